The molecule has 0 aliphatic carbocycles. The summed E-state index contributed by atoms with van der Waals surface area (Å²) in [7, 11) is 2.19. The summed E-state index contributed by atoms with van der Waals surface area (Å²) >= 11 is 0. The number of likely N-dealkylation sites (tertiary alicyclic amines) is 1. The first-order valence-electron chi connectivity index (χ1n) is 8.40. The quantitative estimate of drug-likeness (QED) is 0.809. The van der Waals surface area contributed by atoms with Crippen LogP contribution >= 0.6 is 0 Å². The number of nitrogens with zero attached hydrogens (tertiary/aromatic N) is 2. The molecule has 0 bridgehead atoms. The lowest BCUT2D eigenvalue weighted by atomic mass is 9.97. The van der Waals surface area contributed by atoms with Gasteiger partial charge in [-0.25, -0.2) is 0 Å². The fourth-order valence-corrected chi connectivity index (χ4v) is 3.67. The number of hydrogen-bond acceptors (Lipinski definition) is 3. The van der Waals surface area contributed by atoms with Crippen molar-refractivity contribution in [2.75, 3.05) is 26.7 Å². The predicted octanol–water partition coefficient (Wildman–Crippen LogP) is 2.05. The van der Waals surface area contributed by atoms with E-state index in [1.54, 1.807) is 0 Å². The van der Waals surface area contributed by atoms with E-state index in [2.05, 4.69) is 36.0 Å². The maximum atomic E-state index is 12.6. The van der Waals surface area contributed by atoms with Crippen molar-refractivity contribution in [1.29, 1.82) is 0 Å². The second kappa shape index (κ2) is 7.41. The Kier molecular flexibility index (Phi) is 5.85. The average Bonchev–Trinajstić information content (AvgIpc) is 2.69. The Balaban J connectivity index is 1.96. The average molecular weight is 281 g/mol. The first kappa shape index (κ1) is 15.8. The molecule has 116 valence electrons. The summed E-state index contributed by atoms with van der Waals surface area (Å²) in [4.78, 5) is 17.1. The number of rotatable bonds is 6. The number of nitrogens with one attached hydrogen (secondary N) is 1. The minimum atomic E-state index is 0.0675. The SMILES string of the molecule is CCCC1NC(CCC)N(CC2CCCN(C)C2)C1=O. The van der Waals surface area contributed by atoms with E-state index in [0.717, 1.165) is 38.8 Å². The topological polar surface area (TPSA) is 35.6 Å². The maximum absolute atomic E-state index is 12.6. The van der Waals surface area contributed by atoms with Crippen LogP contribution in [0.3, 0.4) is 0 Å². The monoisotopic (exact) mass is 281 g/mol. The van der Waals surface area contributed by atoms with Gasteiger partial charge in [-0.15, -0.1) is 0 Å². The molecule has 0 aromatic heterocycles. The van der Waals surface area contributed by atoms with Crippen LogP contribution in [0.15, 0.2) is 0 Å². The Morgan fingerprint density at radius 3 is 2.65 bits per heavy atom. The van der Waals surface area contributed by atoms with Crippen molar-refractivity contribution < 1.29 is 4.79 Å². The minimum Gasteiger partial charge on any atom is -0.325 e. The van der Waals surface area contributed by atoms with Gasteiger partial charge >= 0.3 is 0 Å². The number of carbonyl (C=O) groups is 1. The van der Waals surface area contributed by atoms with Crippen molar-refractivity contribution in [2.45, 2.75) is 64.6 Å². The molecule has 3 unspecified atom stereocenters. The van der Waals surface area contributed by atoms with Crippen LogP contribution < -0.4 is 5.32 Å². The molecule has 2 rings (SSSR count). The molecule has 2 saturated heterocycles. The third-order valence-corrected chi connectivity index (χ3v) is 4.67. The van der Waals surface area contributed by atoms with Gasteiger partial charge in [-0.3, -0.25) is 10.1 Å². The molecule has 0 spiro atoms. The maximum Gasteiger partial charge on any atom is 0.241 e. The summed E-state index contributed by atoms with van der Waals surface area (Å²) in [6.45, 7) is 7.65. The summed E-state index contributed by atoms with van der Waals surface area (Å²) in [5.41, 5.74) is 0. The van der Waals surface area contributed by atoms with E-state index in [9.17, 15) is 4.79 Å². The summed E-state index contributed by atoms with van der Waals surface area (Å²) < 4.78 is 0. The molecule has 0 saturated carbocycles. The third kappa shape index (κ3) is 3.73. The Morgan fingerprint density at radius 2 is 2.00 bits per heavy atom. The second-order valence-electron chi connectivity index (χ2n) is 6.57. The highest BCUT2D eigenvalue weighted by molar-refractivity contribution is 5.84. The largest absolute Gasteiger partial charge is 0.325 e. The smallest absolute Gasteiger partial charge is 0.241 e. The van der Waals surface area contributed by atoms with Gasteiger partial charge < -0.3 is 9.80 Å². The van der Waals surface area contributed by atoms with Crippen LogP contribution in [0.4, 0.5) is 0 Å². The molecule has 0 aromatic rings. The predicted molar refractivity (Wildman–Crippen MR) is 82.5 cm³/mol. The van der Waals surface area contributed by atoms with Gasteiger partial charge in [0, 0.05) is 13.1 Å². The highest BCUT2D eigenvalue weighted by Crippen LogP contribution is 2.23. The number of amides is 1. The Labute approximate surface area is 123 Å². The van der Waals surface area contributed by atoms with Crippen LogP contribution in [0, 0.1) is 5.92 Å². The van der Waals surface area contributed by atoms with Gasteiger partial charge in [-0.1, -0.05) is 26.7 Å². The van der Waals surface area contributed by atoms with Crippen LogP contribution in [-0.2, 0) is 4.79 Å². The molecular weight excluding hydrogens is 250 g/mol. The number of carbonyl (C=O) groups excluding carboxylic acids is 1. The molecular formula is C16H31N3O. The Morgan fingerprint density at radius 1 is 1.25 bits per heavy atom. The lowest BCUT2D eigenvalue weighted by molar-refractivity contribution is -0.131. The molecule has 0 aromatic carbocycles. The number of hydrogen-bond donors (Lipinski definition) is 1. The molecule has 4 nitrogen and oxygen atoms in total. The van der Waals surface area contributed by atoms with Crippen molar-refractivity contribution in [1.82, 2.24) is 15.1 Å². The molecule has 2 heterocycles. The molecule has 2 aliphatic rings. The third-order valence-electron chi connectivity index (χ3n) is 4.67. The lowest BCUT2D eigenvalue weighted by Crippen LogP contribution is -2.44. The zero-order valence-corrected chi connectivity index (χ0v) is 13.4. The van der Waals surface area contributed by atoms with Crippen LogP contribution in [-0.4, -0.2) is 54.6 Å². The van der Waals surface area contributed by atoms with Gasteiger partial charge in [0.1, 0.15) is 0 Å². The highest BCUT2D eigenvalue weighted by Gasteiger charge is 2.38. The molecule has 20 heavy (non-hydrogen) atoms. The van der Waals surface area contributed by atoms with Crippen LogP contribution in [0.5, 0.6) is 0 Å². The zero-order valence-electron chi connectivity index (χ0n) is 13.4. The van der Waals surface area contributed by atoms with Crippen molar-refractivity contribution in [2.24, 2.45) is 5.92 Å². The van der Waals surface area contributed by atoms with Crippen LogP contribution in [0.1, 0.15) is 52.4 Å². The minimum absolute atomic E-state index is 0.0675. The standard InChI is InChI=1S/C16H31N3O/c1-4-7-14-16(20)19(15(17-14)8-5-2)12-13-9-6-10-18(3)11-13/h13-15,17H,4-12H2,1-3H3. The van der Waals surface area contributed by atoms with Gasteiger partial charge in [0.15, 0.2) is 0 Å². The molecule has 2 aliphatic heterocycles. The number of piperidine rings is 1. The van der Waals surface area contributed by atoms with E-state index in [-0.39, 0.29) is 12.2 Å². The van der Waals surface area contributed by atoms with Gasteiger partial charge in [0.25, 0.3) is 0 Å². The summed E-state index contributed by atoms with van der Waals surface area (Å²) in [5, 5.41) is 3.56. The van der Waals surface area contributed by atoms with E-state index in [4.69, 9.17) is 0 Å². The summed E-state index contributed by atoms with van der Waals surface area (Å²) in [6.07, 6.45) is 7.07. The first-order valence-corrected chi connectivity index (χ1v) is 8.40. The van der Waals surface area contributed by atoms with Gasteiger partial charge in [-0.2, -0.15) is 0 Å². The van der Waals surface area contributed by atoms with Crippen LogP contribution in [0.2, 0.25) is 0 Å². The van der Waals surface area contributed by atoms with Crippen molar-refractivity contribution in [3.8, 4) is 0 Å². The molecule has 3 atom stereocenters. The van der Waals surface area contributed by atoms with E-state index in [1.165, 1.54) is 19.4 Å². The first-order chi connectivity index (χ1) is 9.65. The molecule has 0 radical (unpaired) electrons. The highest BCUT2D eigenvalue weighted by atomic mass is 16.2. The lowest BCUT2D eigenvalue weighted by Gasteiger charge is -2.34. The van der Waals surface area contributed by atoms with E-state index >= 15 is 0 Å². The molecule has 2 fully saturated rings. The normalized spacial score (nSPS) is 32.0. The Hall–Kier alpha value is -0.610. The van der Waals surface area contributed by atoms with Crippen LogP contribution in [0.25, 0.3) is 0 Å². The second-order valence-corrected chi connectivity index (χ2v) is 6.57. The van der Waals surface area contributed by atoms with Crippen molar-refractivity contribution >= 4 is 5.91 Å². The fourth-order valence-electron chi connectivity index (χ4n) is 3.67. The van der Waals surface area contributed by atoms with E-state index in [0.29, 0.717) is 11.8 Å². The van der Waals surface area contributed by atoms with Gasteiger partial charge in [-0.05, 0) is 45.2 Å². The van der Waals surface area contributed by atoms with Gasteiger partial charge in [0.2, 0.25) is 5.91 Å². The summed E-state index contributed by atoms with van der Waals surface area (Å²) in [5.74, 6) is 0.998. The zero-order chi connectivity index (χ0) is 14.5. The Bertz CT molecular complexity index is 321. The molecule has 4 heteroatoms. The van der Waals surface area contributed by atoms with E-state index < -0.39 is 0 Å². The van der Waals surface area contributed by atoms with Crippen molar-refractivity contribution in [3.63, 3.8) is 0 Å². The van der Waals surface area contributed by atoms with E-state index in [1.807, 2.05) is 0 Å². The summed E-state index contributed by atoms with van der Waals surface area (Å²) in [6, 6.07) is 0.0675. The van der Waals surface area contributed by atoms with Gasteiger partial charge in [0.05, 0.1) is 12.2 Å². The molecule has 1 N–H and O–H groups in total. The fraction of sp³-hybridized carbons (Fsp3) is 0.938. The van der Waals surface area contributed by atoms with Crippen molar-refractivity contribution in [3.05, 3.63) is 0 Å². The molecule has 1 amide bonds.